The molecule has 1 aromatic carbocycles. The summed E-state index contributed by atoms with van der Waals surface area (Å²) in [5.41, 5.74) is 0.201. The fourth-order valence-corrected chi connectivity index (χ4v) is 2.57. The Morgan fingerprint density at radius 1 is 1.40 bits per heavy atom. The summed E-state index contributed by atoms with van der Waals surface area (Å²) in [5.74, 6) is -0.270. The van der Waals surface area contributed by atoms with Gasteiger partial charge >= 0.3 is 6.03 Å². The van der Waals surface area contributed by atoms with Gasteiger partial charge in [-0.2, -0.15) is 5.26 Å². The van der Waals surface area contributed by atoms with Crippen molar-refractivity contribution in [2.75, 3.05) is 18.1 Å². The van der Waals surface area contributed by atoms with E-state index in [-0.39, 0.29) is 11.9 Å². The maximum atomic E-state index is 12.6. The quantitative estimate of drug-likeness (QED) is 0.826. The number of imide groups is 1. The topological polar surface area (TPSA) is 82.4 Å². The number of anilines is 1. The molecule has 1 aromatic rings. The van der Waals surface area contributed by atoms with Gasteiger partial charge in [0.15, 0.2) is 0 Å². The molecule has 0 saturated carbocycles. The number of nitriles is 1. The number of carbonyl (C=O) groups excluding carboxylic acids is 2. The molecule has 2 aliphatic heterocycles. The molecule has 0 aliphatic carbocycles. The van der Waals surface area contributed by atoms with Crippen LogP contribution in [0.1, 0.15) is 12.5 Å². The average molecular weight is 271 g/mol. The Bertz CT molecular complexity index is 620. The van der Waals surface area contributed by atoms with Gasteiger partial charge in [-0.1, -0.05) is 0 Å². The molecular weight excluding hydrogens is 258 g/mol. The number of nitrogens with one attached hydrogen (secondary N) is 1. The molecule has 0 spiro atoms. The van der Waals surface area contributed by atoms with Gasteiger partial charge in [0.25, 0.3) is 0 Å². The minimum absolute atomic E-state index is 0.270. The van der Waals surface area contributed by atoms with E-state index in [1.54, 1.807) is 31.2 Å². The summed E-state index contributed by atoms with van der Waals surface area (Å²) in [5, 5.41) is 11.6. The first kappa shape index (κ1) is 12.6. The largest absolute Gasteiger partial charge is 0.378 e. The van der Waals surface area contributed by atoms with Crippen molar-refractivity contribution in [1.82, 2.24) is 5.32 Å². The number of fused-ring (bicyclic) bond motifs is 1. The van der Waals surface area contributed by atoms with E-state index in [1.807, 2.05) is 6.07 Å². The van der Waals surface area contributed by atoms with Gasteiger partial charge in [-0.15, -0.1) is 0 Å². The van der Waals surface area contributed by atoms with Crippen molar-refractivity contribution < 1.29 is 14.3 Å². The van der Waals surface area contributed by atoms with Gasteiger partial charge in [0.05, 0.1) is 42.0 Å². The van der Waals surface area contributed by atoms with Crippen LogP contribution in [0, 0.1) is 16.7 Å². The molecule has 2 unspecified atom stereocenters. The van der Waals surface area contributed by atoms with E-state index in [0.717, 1.165) is 4.90 Å². The van der Waals surface area contributed by atoms with Crippen LogP contribution in [-0.2, 0) is 9.53 Å². The number of rotatable bonds is 1. The van der Waals surface area contributed by atoms with E-state index in [2.05, 4.69) is 5.32 Å². The molecule has 3 rings (SSSR count). The number of carbonyl (C=O) groups is 2. The summed E-state index contributed by atoms with van der Waals surface area (Å²) in [4.78, 5) is 25.8. The van der Waals surface area contributed by atoms with Gasteiger partial charge in [0.1, 0.15) is 0 Å². The van der Waals surface area contributed by atoms with Crippen molar-refractivity contribution >= 4 is 17.6 Å². The highest BCUT2D eigenvalue weighted by molar-refractivity contribution is 6.18. The second kappa shape index (κ2) is 4.32. The second-order valence-electron chi connectivity index (χ2n) is 5.23. The molecule has 2 atom stereocenters. The number of hydrogen-bond donors (Lipinski definition) is 1. The third-order valence-electron chi connectivity index (χ3n) is 3.90. The fraction of sp³-hybridized carbons (Fsp3) is 0.357. The molecule has 2 aliphatic rings. The van der Waals surface area contributed by atoms with Crippen LogP contribution >= 0.6 is 0 Å². The Labute approximate surface area is 115 Å². The molecule has 6 heteroatoms. The summed E-state index contributed by atoms with van der Waals surface area (Å²) in [6.45, 7) is 2.45. The highest BCUT2D eigenvalue weighted by Gasteiger charge is 2.54. The van der Waals surface area contributed by atoms with Crippen LogP contribution < -0.4 is 10.2 Å². The van der Waals surface area contributed by atoms with Crippen LogP contribution in [0.3, 0.4) is 0 Å². The lowest BCUT2D eigenvalue weighted by Gasteiger charge is -2.39. The minimum Gasteiger partial charge on any atom is -0.378 e. The number of nitrogens with zero attached hydrogens (tertiary/aromatic N) is 2. The van der Waals surface area contributed by atoms with Crippen LogP contribution in [0.25, 0.3) is 0 Å². The monoisotopic (exact) mass is 271 g/mol. The lowest BCUT2D eigenvalue weighted by molar-refractivity contribution is -0.128. The Morgan fingerprint density at radius 2 is 2.10 bits per heavy atom. The minimum atomic E-state index is -0.734. The number of urea groups is 1. The first-order chi connectivity index (χ1) is 9.56. The smallest absolute Gasteiger partial charge is 0.329 e. The molecule has 2 fully saturated rings. The van der Waals surface area contributed by atoms with E-state index in [1.165, 1.54) is 0 Å². The lowest BCUT2D eigenvalue weighted by Crippen LogP contribution is -2.64. The second-order valence-corrected chi connectivity index (χ2v) is 5.23. The van der Waals surface area contributed by atoms with E-state index in [9.17, 15) is 9.59 Å². The van der Waals surface area contributed by atoms with Crippen molar-refractivity contribution in [3.63, 3.8) is 0 Å². The first-order valence-electron chi connectivity index (χ1n) is 6.29. The molecule has 3 amide bonds. The standard InChI is InChI=1S/C14H13N3O3/c1-14-8-20-7-11(14)16-13(19)17(12(14)18)10-4-2-9(6-15)3-5-10/h2-5,11H,7-8H2,1H3,(H,16,19). The van der Waals surface area contributed by atoms with E-state index in [4.69, 9.17) is 10.00 Å². The molecule has 20 heavy (non-hydrogen) atoms. The molecule has 2 saturated heterocycles. The van der Waals surface area contributed by atoms with Gasteiger partial charge in [-0.3, -0.25) is 4.79 Å². The zero-order valence-electron chi connectivity index (χ0n) is 10.9. The summed E-state index contributed by atoms with van der Waals surface area (Å²) in [6, 6.07) is 7.61. The normalized spacial score (nSPS) is 28.8. The first-order valence-corrected chi connectivity index (χ1v) is 6.29. The predicted octanol–water partition coefficient (Wildman–Crippen LogP) is 1.02. The number of hydrogen-bond acceptors (Lipinski definition) is 4. The SMILES string of the molecule is CC12COCC1NC(=O)N(c1ccc(C#N)cc1)C2=O. The third kappa shape index (κ3) is 1.67. The average Bonchev–Trinajstić information content (AvgIpc) is 2.82. The van der Waals surface area contributed by atoms with Crippen molar-refractivity contribution in [3.05, 3.63) is 29.8 Å². The zero-order chi connectivity index (χ0) is 14.3. The molecule has 0 aromatic heterocycles. The van der Waals surface area contributed by atoms with E-state index < -0.39 is 11.4 Å². The zero-order valence-corrected chi connectivity index (χ0v) is 10.9. The molecule has 6 nitrogen and oxygen atoms in total. The predicted molar refractivity (Wildman–Crippen MR) is 69.9 cm³/mol. The molecule has 0 radical (unpaired) electrons. The maximum Gasteiger partial charge on any atom is 0.329 e. The van der Waals surface area contributed by atoms with Crippen molar-refractivity contribution in [2.45, 2.75) is 13.0 Å². The highest BCUT2D eigenvalue weighted by Crippen LogP contribution is 2.35. The van der Waals surface area contributed by atoms with Gasteiger partial charge in [0, 0.05) is 0 Å². The van der Waals surface area contributed by atoms with Crippen molar-refractivity contribution in [2.24, 2.45) is 5.41 Å². The van der Waals surface area contributed by atoms with E-state index in [0.29, 0.717) is 24.5 Å². The maximum absolute atomic E-state index is 12.6. The lowest BCUT2D eigenvalue weighted by atomic mass is 9.82. The van der Waals surface area contributed by atoms with Crippen LogP contribution in [0.15, 0.2) is 24.3 Å². The van der Waals surface area contributed by atoms with Crippen LogP contribution in [0.5, 0.6) is 0 Å². The molecule has 1 N–H and O–H groups in total. The van der Waals surface area contributed by atoms with Gasteiger partial charge in [0.2, 0.25) is 5.91 Å². The summed E-state index contributed by atoms with van der Waals surface area (Å²) < 4.78 is 5.33. The number of ether oxygens (including phenoxy) is 1. The highest BCUT2D eigenvalue weighted by atomic mass is 16.5. The fourth-order valence-electron chi connectivity index (χ4n) is 2.57. The van der Waals surface area contributed by atoms with Crippen molar-refractivity contribution in [1.29, 1.82) is 5.26 Å². The van der Waals surface area contributed by atoms with Crippen LogP contribution in [0.4, 0.5) is 10.5 Å². The van der Waals surface area contributed by atoms with Gasteiger partial charge in [-0.25, -0.2) is 9.69 Å². The number of benzene rings is 1. The summed E-state index contributed by atoms with van der Waals surface area (Å²) in [6.07, 6.45) is 0. The van der Waals surface area contributed by atoms with Crippen molar-refractivity contribution in [3.8, 4) is 6.07 Å². The summed E-state index contributed by atoms with van der Waals surface area (Å²) >= 11 is 0. The van der Waals surface area contributed by atoms with E-state index >= 15 is 0 Å². The Morgan fingerprint density at radius 3 is 2.75 bits per heavy atom. The Kier molecular flexibility index (Phi) is 2.73. The summed E-state index contributed by atoms with van der Waals surface area (Å²) in [7, 11) is 0. The third-order valence-corrected chi connectivity index (χ3v) is 3.90. The Hall–Kier alpha value is -2.39. The van der Waals surface area contributed by atoms with Crippen LogP contribution in [0.2, 0.25) is 0 Å². The number of amides is 3. The molecule has 2 heterocycles. The molecule has 0 bridgehead atoms. The van der Waals surface area contributed by atoms with Gasteiger partial charge in [-0.05, 0) is 31.2 Å². The molecule has 102 valence electrons. The van der Waals surface area contributed by atoms with Gasteiger partial charge < -0.3 is 10.1 Å². The Balaban J connectivity index is 1.98. The molecular formula is C14H13N3O3. The van der Waals surface area contributed by atoms with Crippen LogP contribution in [-0.4, -0.2) is 31.2 Å².